The lowest BCUT2D eigenvalue weighted by molar-refractivity contribution is -0.379. The molecule has 0 radical (unpaired) electrons. The van der Waals surface area contributed by atoms with Gasteiger partial charge < -0.3 is 9.76 Å². The molecule has 0 aromatic carbocycles. The highest BCUT2D eigenvalue weighted by atomic mass is 32.2. The normalized spacial score (nSPS) is 10.7. The SMILES string of the molecule is CS(=O)(=O)[O-].O/N=[14CH]/c1cccc[nH+]1. The Hall–Kier alpha value is -1.47. The Morgan fingerprint density at radius 3 is 2.50 bits per heavy atom. The number of nitrogens with zero attached hydrogens (tertiary/aromatic N) is 1. The van der Waals surface area contributed by atoms with E-state index in [-0.39, 0.29) is 0 Å². The molecule has 0 aliphatic heterocycles. The second-order valence-electron chi connectivity index (χ2n) is 2.27. The van der Waals surface area contributed by atoms with E-state index in [1.807, 2.05) is 12.1 Å². The average Bonchev–Trinajstić information content (AvgIpc) is 2.03. The first kappa shape index (κ1) is 12.5. The second kappa shape index (κ2) is 6.06. The molecule has 0 aliphatic carbocycles. The lowest BCUT2D eigenvalue weighted by Gasteiger charge is -1.90. The van der Waals surface area contributed by atoms with Gasteiger partial charge in [0.05, 0.1) is 10.1 Å². The Morgan fingerprint density at radius 2 is 2.14 bits per heavy atom. The van der Waals surface area contributed by atoms with Gasteiger partial charge in [0, 0.05) is 18.4 Å². The summed E-state index contributed by atoms with van der Waals surface area (Å²) in [6, 6.07) is 5.52. The predicted octanol–water partition coefficient (Wildman–Crippen LogP) is -0.530. The molecule has 0 saturated carbocycles. The Labute approximate surface area is 81.7 Å². The van der Waals surface area contributed by atoms with Crippen molar-refractivity contribution in [2.24, 2.45) is 5.16 Å². The summed E-state index contributed by atoms with van der Waals surface area (Å²) in [5, 5.41) is 10.9. The Kier molecular flexibility index (Phi) is 5.42. The first-order chi connectivity index (χ1) is 6.43. The summed E-state index contributed by atoms with van der Waals surface area (Å²) in [7, 11) is -3.92. The van der Waals surface area contributed by atoms with E-state index in [0.29, 0.717) is 6.26 Å². The van der Waals surface area contributed by atoms with Crippen LogP contribution in [0.3, 0.4) is 0 Å². The molecule has 1 aromatic heterocycles. The minimum Gasteiger partial charge on any atom is -0.748 e. The first-order valence-corrected chi connectivity index (χ1v) is 5.30. The second-order valence-corrected chi connectivity index (χ2v) is 3.67. The van der Waals surface area contributed by atoms with Crippen molar-refractivity contribution in [2.45, 2.75) is 0 Å². The molecule has 78 valence electrons. The molecule has 1 aromatic rings. The molecule has 0 fully saturated rings. The number of hydrogen-bond donors (Lipinski definition) is 1. The van der Waals surface area contributed by atoms with Crippen molar-refractivity contribution < 1.29 is 23.2 Å². The number of aromatic amines is 1. The van der Waals surface area contributed by atoms with Crippen LogP contribution in [0.4, 0.5) is 0 Å². The third-order valence-corrected chi connectivity index (χ3v) is 0.930. The molecule has 0 spiro atoms. The monoisotopic (exact) mass is 220 g/mol. The third kappa shape index (κ3) is 10.5. The van der Waals surface area contributed by atoms with E-state index < -0.39 is 10.1 Å². The molecule has 2 N–H and O–H groups in total. The van der Waals surface area contributed by atoms with E-state index in [1.54, 1.807) is 12.3 Å². The van der Waals surface area contributed by atoms with E-state index >= 15 is 0 Å². The van der Waals surface area contributed by atoms with Crippen LogP contribution in [0.2, 0.25) is 0 Å². The molecule has 0 aliphatic rings. The number of pyridine rings is 1. The van der Waals surface area contributed by atoms with Crippen LogP contribution in [0.5, 0.6) is 0 Å². The Morgan fingerprint density at radius 1 is 1.57 bits per heavy atom. The maximum absolute atomic E-state index is 9.08. The quantitative estimate of drug-likeness (QED) is 0.297. The maximum atomic E-state index is 9.08. The van der Waals surface area contributed by atoms with Crippen LogP contribution in [0, 0.1) is 0 Å². The lowest BCUT2D eigenvalue weighted by atomic mass is 10.5. The fourth-order valence-electron chi connectivity index (χ4n) is 0.550. The lowest BCUT2D eigenvalue weighted by Crippen LogP contribution is -2.07. The summed E-state index contributed by atoms with van der Waals surface area (Å²) in [6.45, 7) is 0. The van der Waals surface area contributed by atoms with Gasteiger partial charge in [0.1, 0.15) is 6.21 Å². The number of H-pyrrole nitrogens is 1. The molecule has 7 heteroatoms. The van der Waals surface area contributed by atoms with E-state index in [2.05, 4.69) is 10.1 Å². The zero-order valence-electron chi connectivity index (χ0n) is 7.41. The molecule has 6 nitrogen and oxygen atoms in total. The number of hydrogen-bond acceptors (Lipinski definition) is 5. The molecule has 0 atom stereocenters. The molecular weight excluding hydrogens is 210 g/mol. The van der Waals surface area contributed by atoms with Crippen molar-refractivity contribution in [2.75, 3.05) is 6.26 Å². The van der Waals surface area contributed by atoms with Gasteiger partial charge in [-0.25, -0.2) is 13.4 Å². The van der Waals surface area contributed by atoms with Crippen molar-refractivity contribution in [3.05, 3.63) is 30.1 Å². The van der Waals surface area contributed by atoms with Crippen LogP contribution in [0.25, 0.3) is 0 Å². The summed E-state index contributed by atoms with van der Waals surface area (Å²) in [5.41, 5.74) is 0.778. The van der Waals surface area contributed by atoms with Crippen LogP contribution >= 0.6 is 0 Å². The van der Waals surface area contributed by atoms with E-state index in [0.717, 1.165) is 5.69 Å². The van der Waals surface area contributed by atoms with Gasteiger partial charge in [-0.3, -0.25) is 0 Å². The smallest absolute Gasteiger partial charge is 0.225 e. The standard InChI is InChI=1S/C6H6N2O.CH4O3S/c9-8-5-6-3-1-2-4-7-6;1-5(2,3)4/h1-5,9H;1H3,(H,2,3,4)/b8-5+;/i5+2;. The molecule has 0 unspecified atom stereocenters. The highest BCUT2D eigenvalue weighted by Crippen LogP contribution is 1.81. The Balaban J connectivity index is 0.000000292. The molecule has 1 heterocycles. The zero-order chi connectivity index (χ0) is 11.0. The van der Waals surface area contributed by atoms with Crippen molar-refractivity contribution in [1.29, 1.82) is 0 Å². The molecule has 0 amide bonds. The van der Waals surface area contributed by atoms with Gasteiger partial charge in [-0.1, -0.05) is 5.16 Å². The van der Waals surface area contributed by atoms with Gasteiger partial charge in [0.15, 0.2) is 6.20 Å². The number of nitrogens with one attached hydrogen (secondary N) is 1. The minimum absolute atomic E-state index is 0.604. The van der Waals surface area contributed by atoms with Crippen LogP contribution in [0.15, 0.2) is 29.6 Å². The maximum Gasteiger partial charge on any atom is 0.225 e. The molecule has 1 rings (SSSR count). The molecular formula is C7H10N2O4S. The Bertz CT molecular complexity index is 366. The molecule has 14 heavy (non-hydrogen) atoms. The van der Waals surface area contributed by atoms with Crippen LogP contribution in [-0.4, -0.2) is 30.6 Å². The van der Waals surface area contributed by atoms with Gasteiger partial charge in [-0.05, 0) is 6.07 Å². The van der Waals surface area contributed by atoms with Gasteiger partial charge in [0.2, 0.25) is 5.69 Å². The molecule has 0 bridgehead atoms. The zero-order valence-corrected chi connectivity index (χ0v) is 8.23. The fourth-order valence-corrected chi connectivity index (χ4v) is 0.550. The van der Waals surface area contributed by atoms with E-state index in [1.165, 1.54) is 6.21 Å². The van der Waals surface area contributed by atoms with Crippen LogP contribution < -0.4 is 4.98 Å². The van der Waals surface area contributed by atoms with E-state index in [4.69, 9.17) is 18.2 Å². The summed E-state index contributed by atoms with van der Waals surface area (Å²) >= 11 is 0. The topological polar surface area (TPSA) is 104 Å². The first-order valence-electron chi connectivity index (χ1n) is 3.48. The van der Waals surface area contributed by atoms with Crippen molar-refractivity contribution >= 4 is 16.3 Å². The largest absolute Gasteiger partial charge is 0.748 e. The number of oxime groups is 1. The highest BCUT2D eigenvalue weighted by molar-refractivity contribution is 7.84. The predicted molar refractivity (Wildman–Crippen MR) is 48.0 cm³/mol. The minimum atomic E-state index is -3.92. The highest BCUT2D eigenvalue weighted by Gasteiger charge is 1.89. The summed E-state index contributed by atoms with van der Waals surface area (Å²) in [5.74, 6) is 0. The third-order valence-electron chi connectivity index (χ3n) is 0.930. The number of rotatable bonds is 1. The van der Waals surface area contributed by atoms with Crippen molar-refractivity contribution in [1.82, 2.24) is 0 Å². The van der Waals surface area contributed by atoms with Gasteiger partial charge >= 0.3 is 0 Å². The van der Waals surface area contributed by atoms with Crippen molar-refractivity contribution in [3.8, 4) is 0 Å². The summed E-state index contributed by atoms with van der Waals surface area (Å²) in [6.07, 6.45) is 3.70. The van der Waals surface area contributed by atoms with Crippen LogP contribution in [-0.2, 0) is 10.1 Å². The van der Waals surface area contributed by atoms with Crippen LogP contribution in [0.1, 0.15) is 5.69 Å². The summed E-state index contributed by atoms with van der Waals surface area (Å²) in [4.78, 5) is 2.86. The van der Waals surface area contributed by atoms with Crippen molar-refractivity contribution in [3.63, 3.8) is 0 Å². The average molecular weight is 220 g/mol. The van der Waals surface area contributed by atoms with Gasteiger partial charge in [0.25, 0.3) is 0 Å². The van der Waals surface area contributed by atoms with E-state index in [9.17, 15) is 0 Å². The van der Waals surface area contributed by atoms with Gasteiger partial charge in [-0.2, -0.15) is 0 Å². The molecule has 0 saturated heterocycles. The van der Waals surface area contributed by atoms with Gasteiger partial charge in [-0.15, -0.1) is 0 Å². The summed E-state index contributed by atoms with van der Waals surface area (Å²) < 4.78 is 27.2. The number of aromatic nitrogens is 1. The fraction of sp³-hybridized carbons (Fsp3) is 0.143.